The van der Waals surface area contributed by atoms with Gasteiger partial charge in [0.2, 0.25) is 0 Å². The number of aryl methyl sites for hydroxylation is 1. The van der Waals surface area contributed by atoms with Gasteiger partial charge in [-0.05, 0) is 18.6 Å². The zero-order valence-corrected chi connectivity index (χ0v) is 10.8. The lowest BCUT2D eigenvalue weighted by Gasteiger charge is -2.20. The molecule has 5 heteroatoms. The molecule has 0 atom stereocenters. The van der Waals surface area contributed by atoms with Gasteiger partial charge in [-0.2, -0.15) is 0 Å². The lowest BCUT2D eigenvalue weighted by atomic mass is 10.2. The van der Waals surface area contributed by atoms with Crippen LogP contribution in [0.25, 0.3) is 0 Å². The second kappa shape index (κ2) is 5.16. The molecule has 1 heterocycles. The van der Waals surface area contributed by atoms with E-state index in [1.165, 1.54) is 16.1 Å². The molecule has 2 rings (SSSR count). The Morgan fingerprint density at radius 3 is 2.82 bits per heavy atom. The van der Waals surface area contributed by atoms with E-state index in [0.717, 1.165) is 11.7 Å². The van der Waals surface area contributed by atoms with Gasteiger partial charge in [0.25, 0.3) is 0 Å². The zero-order valence-electron chi connectivity index (χ0n) is 9.97. The molecule has 0 saturated carbocycles. The highest BCUT2D eigenvalue weighted by Crippen LogP contribution is 2.23. The zero-order chi connectivity index (χ0) is 12.3. The van der Waals surface area contributed by atoms with E-state index in [9.17, 15) is 0 Å². The van der Waals surface area contributed by atoms with Crippen LogP contribution in [0.1, 0.15) is 10.4 Å². The molecule has 0 bridgehead atoms. The van der Waals surface area contributed by atoms with Crippen molar-refractivity contribution >= 4 is 22.2 Å². The van der Waals surface area contributed by atoms with Crippen LogP contribution in [0, 0.1) is 6.92 Å². The maximum atomic E-state index is 5.31. The number of nitrogens with two attached hydrogens (primary N) is 1. The summed E-state index contributed by atoms with van der Waals surface area (Å²) in [6.45, 7) is 2.95. The summed E-state index contributed by atoms with van der Waals surface area (Å²) in [6.07, 6.45) is 1.86. The molecule has 0 amide bonds. The number of benzene rings is 1. The Hall–Kier alpha value is -1.59. The van der Waals surface area contributed by atoms with Gasteiger partial charge in [-0.3, -0.25) is 5.43 Å². The van der Waals surface area contributed by atoms with Crippen LogP contribution in [0.2, 0.25) is 0 Å². The Morgan fingerprint density at radius 1 is 1.41 bits per heavy atom. The molecular formula is C12H16N4S. The number of anilines is 2. The van der Waals surface area contributed by atoms with Crippen molar-refractivity contribution in [2.75, 3.05) is 17.4 Å². The number of hydrogen-bond donors (Lipinski definition) is 2. The summed E-state index contributed by atoms with van der Waals surface area (Å²) < 4.78 is 0. The fraction of sp³-hybridized carbons (Fsp3) is 0.250. The fourth-order valence-corrected chi connectivity index (χ4v) is 2.53. The highest BCUT2D eigenvalue weighted by atomic mass is 32.1. The second-order valence-corrected chi connectivity index (χ2v) is 5.03. The molecule has 0 aliphatic heterocycles. The molecule has 1 aromatic heterocycles. The minimum absolute atomic E-state index is 0.748. The van der Waals surface area contributed by atoms with Gasteiger partial charge in [-0.1, -0.05) is 29.5 Å². The Labute approximate surface area is 105 Å². The van der Waals surface area contributed by atoms with E-state index in [4.69, 9.17) is 5.84 Å². The van der Waals surface area contributed by atoms with Crippen LogP contribution in [0.4, 0.5) is 10.8 Å². The van der Waals surface area contributed by atoms with Gasteiger partial charge < -0.3 is 4.90 Å². The van der Waals surface area contributed by atoms with E-state index in [-0.39, 0.29) is 0 Å². The van der Waals surface area contributed by atoms with Crippen molar-refractivity contribution in [3.05, 3.63) is 40.9 Å². The van der Waals surface area contributed by atoms with Crippen molar-refractivity contribution in [1.29, 1.82) is 0 Å². The largest absolute Gasteiger partial charge is 0.369 e. The summed E-state index contributed by atoms with van der Waals surface area (Å²) in [5.74, 6) is 5.31. The van der Waals surface area contributed by atoms with Crippen LogP contribution in [0.5, 0.6) is 0 Å². The lowest BCUT2D eigenvalue weighted by molar-refractivity contribution is 0.930. The average Bonchev–Trinajstić information content (AvgIpc) is 2.77. The first-order valence-electron chi connectivity index (χ1n) is 5.39. The van der Waals surface area contributed by atoms with Crippen molar-refractivity contribution in [3.63, 3.8) is 0 Å². The Morgan fingerprint density at radius 2 is 2.18 bits per heavy atom. The highest BCUT2D eigenvalue weighted by Gasteiger charge is 2.07. The van der Waals surface area contributed by atoms with Gasteiger partial charge in [-0.15, -0.1) is 0 Å². The average molecular weight is 248 g/mol. The monoisotopic (exact) mass is 248 g/mol. The molecule has 17 heavy (non-hydrogen) atoms. The predicted octanol–water partition coefficient (Wildman–Crippen LogP) is 2.37. The second-order valence-electron chi connectivity index (χ2n) is 3.92. The summed E-state index contributed by atoms with van der Waals surface area (Å²) in [6, 6.07) is 8.35. The van der Waals surface area contributed by atoms with Gasteiger partial charge in [-0.25, -0.2) is 10.8 Å². The van der Waals surface area contributed by atoms with E-state index < -0.39 is 0 Å². The van der Waals surface area contributed by atoms with Crippen molar-refractivity contribution in [2.24, 2.45) is 5.84 Å². The van der Waals surface area contributed by atoms with Crippen LogP contribution in [-0.4, -0.2) is 12.0 Å². The number of aromatic nitrogens is 1. The molecule has 0 spiro atoms. The SMILES string of the molecule is Cc1ccccc1N(C)Cc1cnc(NN)s1. The number of hydrogen-bond acceptors (Lipinski definition) is 5. The van der Waals surface area contributed by atoms with E-state index in [1.54, 1.807) is 11.3 Å². The number of hydrazine groups is 1. The number of para-hydroxylation sites is 1. The molecule has 4 nitrogen and oxygen atoms in total. The van der Waals surface area contributed by atoms with Crippen molar-refractivity contribution in [3.8, 4) is 0 Å². The summed E-state index contributed by atoms with van der Waals surface area (Å²) in [7, 11) is 2.08. The van der Waals surface area contributed by atoms with Crippen LogP contribution in [0.15, 0.2) is 30.5 Å². The Balaban J connectivity index is 2.11. The van der Waals surface area contributed by atoms with Gasteiger partial charge in [0.15, 0.2) is 5.13 Å². The van der Waals surface area contributed by atoms with Gasteiger partial charge in [0.05, 0.1) is 6.54 Å². The highest BCUT2D eigenvalue weighted by molar-refractivity contribution is 7.15. The van der Waals surface area contributed by atoms with Crippen LogP contribution in [-0.2, 0) is 6.54 Å². The Bertz CT molecular complexity index is 495. The van der Waals surface area contributed by atoms with E-state index in [2.05, 4.69) is 53.5 Å². The van der Waals surface area contributed by atoms with Crippen molar-refractivity contribution in [2.45, 2.75) is 13.5 Å². The molecule has 0 unspecified atom stereocenters. The van der Waals surface area contributed by atoms with Gasteiger partial charge >= 0.3 is 0 Å². The summed E-state index contributed by atoms with van der Waals surface area (Å²) >= 11 is 1.57. The van der Waals surface area contributed by atoms with Crippen molar-refractivity contribution in [1.82, 2.24) is 4.98 Å². The fourth-order valence-electron chi connectivity index (χ4n) is 1.76. The molecular weight excluding hydrogens is 232 g/mol. The van der Waals surface area contributed by atoms with Gasteiger partial charge in [0, 0.05) is 23.8 Å². The maximum Gasteiger partial charge on any atom is 0.197 e. The lowest BCUT2D eigenvalue weighted by Crippen LogP contribution is -2.16. The molecule has 3 N–H and O–H groups in total. The molecule has 2 aromatic rings. The quantitative estimate of drug-likeness (QED) is 0.644. The third-order valence-corrected chi connectivity index (χ3v) is 3.51. The molecule has 1 aromatic carbocycles. The van der Waals surface area contributed by atoms with Crippen LogP contribution < -0.4 is 16.2 Å². The minimum Gasteiger partial charge on any atom is -0.369 e. The summed E-state index contributed by atoms with van der Waals surface area (Å²) in [5.41, 5.74) is 5.07. The molecule has 0 fully saturated rings. The summed E-state index contributed by atoms with van der Waals surface area (Å²) in [4.78, 5) is 7.56. The number of nitrogens with one attached hydrogen (secondary N) is 1. The van der Waals surface area contributed by atoms with E-state index in [1.807, 2.05) is 6.20 Å². The maximum absolute atomic E-state index is 5.31. The third-order valence-electron chi connectivity index (χ3n) is 2.60. The normalized spacial score (nSPS) is 10.3. The first-order valence-corrected chi connectivity index (χ1v) is 6.20. The topological polar surface area (TPSA) is 54.2 Å². The first-order chi connectivity index (χ1) is 8.20. The van der Waals surface area contributed by atoms with Crippen LogP contribution in [0.3, 0.4) is 0 Å². The Kier molecular flexibility index (Phi) is 3.61. The number of nitrogens with zero attached hydrogens (tertiary/aromatic N) is 2. The molecule has 0 radical (unpaired) electrons. The first kappa shape index (κ1) is 11.9. The molecule has 0 aliphatic carbocycles. The number of rotatable bonds is 4. The number of thiazole rings is 1. The smallest absolute Gasteiger partial charge is 0.197 e. The molecule has 0 saturated heterocycles. The van der Waals surface area contributed by atoms with E-state index >= 15 is 0 Å². The van der Waals surface area contributed by atoms with Crippen molar-refractivity contribution < 1.29 is 0 Å². The molecule has 0 aliphatic rings. The predicted molar refractivity (Wildman–Crippen MR) is 73.2 cm³/mol. The summed E-state index contributed by atoms with van der Waals surface area (Å²) in [5, 5.41) is 0.748. The molecule has 90 valence electrons. The third kappa shape index (κ3) is 2.75. The van der Waals surface area contributed by atoms with Gasteiger partial charge in [0.1, 0.15) is 0 Å². The van der Waals surface area contributed by atoms with E-state index in [0.29, 0.717) is 0 Å². The van der Waals surface area contributed by atoms with Crippen LogP contribution >= 0.6 is 11.3 Å². The number of nitrogen functional groups attached to an aromatic ring is 1. The standard InChI is InChI=1S/C12H16N4S/c1-9-5-3-4-6-11(9)16(2)8-10-7-14-12(15-13)17-10/h3-7H,8,13H2,1-2H3,(H,14,15). The minimum atomic E-state index is 0.748.